The normalized spacial score (nSPS) is 11.0. The topological polar surface area (TPSA) is 20.3 Å². The van der Waals surface area contributed by atoms with Gasteiger partial charge in [0.1, 0.15) is 6.29 Å². The van der Waals surface area contributed by atoms with Gasteiger partial charge in [-0.1, -0.05) is 133 Å². The van der Waals surface area contributed by atoms with E-state index in [9.17, 15) is 4.79 Å². The maximum atomic E-state index is 11.3. The molecule has 2 nitrogen and oxygen atoms in total. The molecule has 9 aromatic rings. The lowest BCUT2D eigenvalue weighted by atomic mass is 9.94. The number of carbonyl (C=O) groups is 1. The van der Waals surface area contributed by atoms with Gasteiger partial charge in [-0.2, -0.15) is 0 Å². The van der Waals surface area contributed by atoms with E-state index in [1.54, 1.807) is 11.3 Å². The molecule has 0 bridgehead atoms. The molecule has 0 N–H and O–H groups in total. The minimum atomic E-state index is 0.685. The van der Waals surface area contributed by atoms with Gasteiger partial charge in [0.25, 0.3) is 0 Å². The Morgan fingerprint density at radius 1 is 0.333 bits per heavy atom. The van der Waals surface area contributed by atoms with E-state index in [-0.39, 0.29) is 0 Å². The summed E-state index contributed by atoms with van der Waals surface area (Å²) in [5.74, 6) is 0. The number of rotatable bonds is 10. The van der Waals surface area contributed by atoms with Crippen molar-refractivity contribution in [3.8, 4) is 62.6 Å². The molecule has 0 aliphatic carbocycles. The average molecular weight is 748 g/mol. The number of thiophene rings is 3. The molecule has 0 aliphatic rings. The highest BCUT2D eigenvalue weighted by atomic mass is 32.1. The minimum Gasteiger partial charge on any atom is -0.311 e. The Kier molecular flexibility index (Phi) is 9.42. The first-order valence-corrected chi connectivity index (χ1v) is 20.2. The maximum absolute atomic E-state index is 11.3. The van der Waals surface area contributed by atoms with Crippen LogP contribution >= 0.6 is 34.0 Å². The van der Waals surface area contributed by atoms with E-state index in [1.807, 2.05) is 46.9 Å². The van der Waals surface area contributed by atoms with E-state index in [1.165, 1.54) is 57.1 Å². The summed E-state index contributed by atoms with van der Waals surface area (Å²) in [7, 11) is 0. The summed E-state index contributed by atoms with van der Waals surface area (Å²) in [5, 5.41) is 0. The van der Waals surface area contributed by atoms with Crippen LogP contribution in [-0.2, 0) is 0 Å². The van der Waals surface area contributed by atoms with Crippen LogP contribution in [0.15, 0.2) is 194 Å². The Morgan fingerprint density at radius 3 is 1.13 bits per heavy atom. The highest BCUT2D eigenvalue weighted by molar-refractivity contribution is 7.28. The molecule has 0 radical (unpaired) electrons. The predicted molar refractivity (Wildman–Crippen MR) is 233 cm³/mol. The zero-order valence-corrected chi connectivity index (χ0v) is 31.6. The third-order valence-corrected chi connectivity index (χ3v) is 13.3. The summed E-state index contributed by atoms with van der Waals surface area (Å²) in [5.41, 5.74) is 11.3. The van der Waals surface area contributed by atoms with Gasteiger partial charge in [-0.3, -0.25) is 4.79 Å². The monoisotopic (exact) mass is 747 g/mol. The molecular weight excluding hydrogens is 715 g/mol. The molecular formula is C49H33NOS3. The number of anilines is 3. The summed E-state index contributed by atoms with van der Waals surface area (Å²) in [4.78, 5) is 21.0. The molecule has 6 aromatic carbocycles. The van der Waals surface area contributed by atoms with Crippen LogP contribution in [-0.4, -0.2) is 6.29 Å². The zero-order valence-electron chi connectivity index (χ0n) is 29.1. The lowest BCUT2D eigenvalue weighted by Crippen LogP contribution is -2.09. The first kappa shape index (κ1) is 33.7. The SMILES string of the molecule is O=Cc1ccc(-c2ccc(-c3sc(-c4ccc(-c5ccc(N(c6ccccc6)c6ccccc6)cc5)s4)c(-c4ccccc4)c3-c3ccccc3)s2)cc1. The smallest absolute Gasteiger partial charge is 0.150 e. The summed E-state index contributed by atoms with van der Waals surface area (Å²) in [6.07, 6.45) is 0.893. The molecule has 0 saturated heterocycles. The molecule has 3 heterocycles. The lowest BCUT2D eigenvalue weighted by molar-refractivity contribution is 0.112. The number of hydrogen-bond acceptors (Lipinski definition) is 5. The van der Waals surface area contributed by atoms with E-state index >= 15 is 0 Å². The fourth-order valence-electron chi connectivity index (χ4n) is 6.87. The summed E-state index contributed by atoms with van der Waals surface area (Å²) in [6, 6.07) is 68.5. The first-order valence-electron chi connectivity index (χ1n) is 17.8. The Balaban J connectivity index is 1.14. The number of para-hydroxylation sites is 2. The number of benzene rings is 6. The molecule has 9 rings (SSSR count). The molecule has 0 atom stereocenters. The van der Waals surface area contributed by atoms with Crippen LogP contribution in [0.3, 0.4) is 0 Å². The van der Waals surface area contributed by atoms with Gasteiger partial charge in [0, 0.05) is 53.3 Å². The Bertz CT molecular complexity index is 2600. The second kappa shape index (κ2) is 15.1. The first-order chi connectivity index (χ1) is 26.7. The summed E-state index contributed by atoms with van der Waals surface area (Å²) in [6.45, 7) is 0. The van der Waals surface area contributed by atoms with Crippen LogP contribution in [0.1, 0.15) is 10.4 Å². The summed E-state index contributed by atoms with van der Waals surface area (Å²) >= 11 is 5.52. The Morgan fingerprint density at radius 2 is 0.704 bits per heavy atom. The molecule has 5 heteroatoms. The number of hydrogen-bond donors (Lipinski definition) is 0. The van der Waals surface area contributed by atoms with Crippen molar-refractivity contribution in [2.24, 2.45) is 0 Å². The van der Waals surface area contributed by atoms with Crippen LogP contribution in [0.5, 0.6) is 0 Å². The molecule has 0 amide bonds. The van der Waals surface area contributed by atoms with E-state index < -0.39 is 0 Å². The van der Waals surface area contributed by atoms with Crippen molar-refractivity contribution in [3.05, 3.63) is 200 Å². The largest absolute Gasteiger partial charge is 0.311 e. The highest BCUT2D eigenvalue weighted by Crippen LogP contribution is 2.55. The van der Waals surface area contributed by atoms with Crippen molar-refractivity contribution in [2.75, 3.05) is 4.90 Å². The van der Waals surface area contributed by atoms with Crippen molar-refractivity contribution in [3.63, 3.8) is 0 Å². The highest BCUT2D eigenvalue weighted by Gasteiger charge is 2.25. The standard InChI is InChI=1S/C49H33NOS3/c51-33-34-21-23-35(24-22-34)42-29-31-44(52-42)48-46(37-13-5-1-6-14-37)47(38-15-7-2-8-16-38)49(54-48)45-32-30-43(53-45)36-25-27-41(28-26-36)50(39-17-9-3-10-18-39)40-19-11-4-12-20-40/h1-33H. The van der Waals surface area contributed by atoms with Gasteiger partial charge in [-0.15, -0.1) is 34.0 Å². The number of aldehydes is 1. The molecule has 0 unspecified atom stereocenters. The quantitative estimate of drug-likeness (QED) is 0.130. The second-order valence-electron chi connectivity index (χ2n) is 12.9. The van der Waals surface area contributed by atoms with Gasteiger partial charge < -0.3 is 4.90 Å². The van der Waals surface area contributed by atoms with Gasteiger partial charge in [-0.25, -0.2) is 0 Å². The molecule has 0 aliphatic heterocycles. The van der Waals surface area contributed by atoms with Crippen LogP contribution < -0.4 is 4.90 Å². The lowest BCUT2D eigenvalue weighted by Gasteiger charge is -2.25. The van der Waals surface area contributed by atoms with E-state index in [2.05, 4.69) is 175 Å². The Labute approximate surface area is 327 Å². The molecule has 0 saturated carbocycles. The fraction of sp³-hybridized carbons (Fsp3) is 0. The number of carbonyl (C=O) groups excluding carboxylic acids is 1. The van der Waals surface area contributed by atoms with Gasteiger partial charge >= 0.3 is 0 Å². The van der Waals surface area contributed by atoms with Crippen LogP contribution in [0.25, 0.3) is 62.6 Å². The van der Waals surface area contributed by atoms with E-state index in [4.69, 9.17) is 0 Å². The molecule has 54 heavy (non-hydrogen) atoms. The zero-order chi connectivity index (χ0) is 36.3. The average Bonchev–Trinajstić information content (AvgIpc) is 4.02. The van der Waals surface area contributed by atoms with Gasteiger partial charge in [0.05, 0.1) is 9.75 Å². The predicted octanol–water partition coefficient (Wildman–Crippen LogP) is 15.2. The van der Waals surface area contributed by atoms with Crippen molar-refractivity contribution < 1.29 is 4.79 Å². The third kappa shape index (κ3) is 6.65. The number of nitrogens with zero attached hydrogens (tertiary/aromatic N) is 1. The van der Waals surface area contributed by atoms with Gasteiger partial charge in [0.15, 0.2) is 0 Å². The van der Waals surface area contributed by atoms with Crippen molar-refractivity contribution in [2.45, 2.75) is 0 Å². The maximum Gasteiger partial charge on any atom is 0.150 e. The van der Waals surface area contributed by atoms with Gasteiger partial charge in [0.2, 0.25) is 0 Å². The van der Waals surface area contributed by atoms with E-state index in [0.717, 1.165) is 28.9 Å². The van der Waals surface area contributed by atoms with Crippen LogP contribution in [0.2, 0.25) is 0 Å². The van der Waals surface area contributed by atoms with E-state index in [0.29, 0.717) is 5.56 Å². The van der Waals surface area contributed by atoms with Gasteiger partial charge in [-0.05, 0) is 82.9 Å². The fourth-order valence-corrected chi connectivity index (χ4v) is 10.5. The van der Waals surface area contributed by atoms with Crippen molar-refractivity contribution in [1.82, 2.24) is 0 Å². The van der Waals surface area contributed by atoms with Crippen molar-refractivity contribution >= 4 is 57.4 Å². The van der Waals surface area contributed by atoms with Crippen LogP contribution in [0, 0.1) is 0 Å². The van der Waals surface area contributed by atoms with Crippen molar-refractivity contribution in [1.29, 1.82) is 0 Å². The molecule has 3 aromatic heterocycles. The van der Waals surface area contributed by atoms with Crippen LogP contribution in [0.4, 0.5) is 17.1 Å². The Hall–Kier alpha value is -6.11. The molecule has 258 valence electrons. The molecule has 0 spiro atoms. The third-order valence-electron chi connectivity index (χ3n) is 9.46. The molecule has 0 fully saturated rings. The minimum absolute atomic E-state index is 0.685. The summed E-state index contributed by atoms with van der Waals surface area (Å²) < 4.78 is 0. The second-order valence-corrected chi connectivity index (χ2v) is 16.1.